The highest BCUT2D eigenvalue weighted by Gasteiger charge is 2.27. The zero-order chi connectivity index (χ0) is 17.2. The number of piperidine rings is 1. The van der Waals surface area contributed by atoms with E-state index in [2.05, 4.69) is 11.4 Å². The minimum atomic E-state index is -0.421. The van der Waals surface area contributed by atoms with Gasteiger partial charge in [-0.3, -0.25) is 0 Å². The number of likely N-dealkylation sites (tertiary alicyclic amines) is 1. The van der Waals surface area contributed by atoms with Gasteiger partial charge in [0.1, 0.15) is 5.82 Å². The van der Waals surface area contributed by atoms with Crippen molar-refractivity contribution in [1.29, 1.82) is 0 Å². The van der Waals surface area contributed by atoms with E-state index in [0.29, 0.717) is 13.1 Å². The fourth-order valence-electron chi connectivity index (χ4n) is 3.18. The molecule has 25 heavy (non-hydrogen) atoms. The number of hydrogen-bond donors (Lipinski definition) is 1. The van der Waals surface area contributed by atoms with Crippen molar-refractivity contribution in [3.63, 3.8) is 0 Å². The summed E-state index contributed by atoms with van der Waals surface area (Å²) in [7, 11) is 0. The van der Waals surface area contributed by atoms with Gasteiger partial charge in [0.2, 0.25) is 0 Å². The van der Waals surface area contributed by atoms with E-state index in [-0.39, 0.29) is 17.6 Å². The number of carbonyl (C=O) groups is 1. The summed E-state index contributed by atoms with van der Waals surface area (Å²) in [6.07, 6.45) is 1.94. The number of rotatable bonds is 2. The van der Waals surface area contributed by atoms with E-state index < -0.39 is 5.82 Å². The Hall–Kier alpha value is -2.47. The van der Waals surface area contributed by atoms with Crippen molar-refractivity contribution in [2.45, 2.75) is 18.8 Å². The summed E-state index contributed by atoms with van der Waals surface area (Å²) in [6.45, 7) is 1.29. The Morgan fingerprint density at radius 3 is 2.84 bits per heavy atom. The van der Waals surface area contributed by atoms with Gasteiger partial charge < -0.3 is 10.2 Å². The third-order valence-corrected chi connectivity index (χ3v) is 5.68. The van der Waals surface area contributed by atoms with Crippen LogP contribution in [0.1, 0.15) is 23.8 Å². The van der Waals surface area contributed by atoms with E-state index in [0.717, 1.165) is 23.4 Å². The zero-order valence-electron chi connectivity index (χ0n) is 13.6. The van der Waals surface area contributed by atoms with Gasteiger partial charge >= 0.3 is 6.03 Å². The van der Waals surface area contributed by atoms with Crippen molar-refractivity contribution in [2.24, 2.45) is 0 Å². The Bertz CT molecular complexity index is 877. The van der Waals surface area contributed by atoms with Crippen LogP contribution in [0.3, 0.4) is 0 Å². The van der Waals surface area contributed by atoms with E-state index in [1.54, 1.807) is 34.4 Å². The van der Waals surface area contributed by atoms with E-state index in [4.69, 9.17) is 4.98 Å². The third kappa shape index (κ3) is 3.35. The number of halogens is 1. The number of fused-ring (bicyclic) bond motifs is 1. The van der Waals surface area contributed by atoms with Crippen molar-refractivity contribution in [3.05, 3.63) is 59.4 Å². The lowest BCUT2D eigenvalue weighted by Gasteiger charge is -2.31. The number of anilines is 1. The van der Waals surface area contributed by atoms with Crippen LogP contribution in [0.5, 0.6) is 0 Å². The van der Waals surface area contributed by atoms with Crippen molar-refractivity contribution in [1.82, 2.24) is 9.88 Å². The lowest BCUT2D eigenvalue weighted by molar-refractivity contribution is 0.192. The molecule has 4 nitrogen and oxygen atoms in total. The molecule has 1 unspecified atom stereocenters. The van der Waals surface area contributed by atoms with Crippen LogP contribution in [0.15, 0.2) is 48.5 Å². The predicted molar refractivity (Wildman–Crippen MR) is 98.6 cm³/mol. The smallest absolute Gasteiger partial charge is 0.321 e. The van der Waals surface area contributed by atoms with Crippen molar-refractivity contribution < 1.29 is 9.18 Å². The highest BCUT2D eigenvalue weighted by atomic mass is 32.1. The summed E-state index contributed by atoms with van der Waals surface area (Å²) in [4.78, 5) is 19.0. The number of hydrogen-bond acceptors (Lipinski definition) is 3. The molecular weight excluding hydrogens is 337 g/mol. The Balaban J connectivity index is 1.48. The Kier molecular flexibility index (Phi) is 4.36. The molecule has 1 saturated heterocycles. The van der Waals surface area contributed by atoms with Gasteiger partial charge in [0.05, 0.1) is 20.9 Å². The summed E-state index contributed by atoms with van der Waals surface area (Å²) in [6, 6.07) is 14.1. The van der Waals surface area contributed by atoms with Crippen molar-refractivity contribution >= 4 is 33.3 Å². The normalized spacial score (nSPS) is 17.6. The molecular formula is C19H18FN3OS. The molecule has 4 rings (SSSR count). The second-order valence-electron chi connectivity index (χ2n) is 6.21. The van der Waals surface area contributed by atoms with Crippen LogP contribution in [0.4, 0.5) is 14.9 Å². The monoisotopic (exact) mass is 355 g/mol. The Morgan fingerprint density at radius 1 is 1.20 bits per heavy atom. The highest BCUT2D eigenvalue weighted by molar-refractivity contribution is 7.18. The number of benzene rings is 2. The van der Waals surface area contributed by atoms with Crippen molar-refractivity contribution in [3.8, 4) is 0 Å². The second kappa shape index (κ2) is 6.80. The SMILES string of the molecule is O=C(Nc1ccccc1F)N1CCCC(c2nc3ccccc3s2)C1. The maximum absolute atomic E-state index is 13.7. The molecule has 0 spiro atoms. The van der Waals surface area contributed by atoms with Crippen LogP contribution in [-0.4, -0.2) is 29.0 Å². The first-order chi connectivity index (χ1) is 12.2. The first kappa shape index (κ1) is 16.0. The minimum Gasteiger partial charge on any atom is -0.324 e. The molecule has 128 valence electrons. The maximum Gasteiger partial charge on any atom is 0.321 e. The number of nitrogens with one attached hydrogen (secondary N) is 1. The molecule has 3 aromatic rings. The molecule has 1 aliphatic heterocycles. The van der Waals surface area contributed by atoms with Gasteiger partial charge in [0.25, 0.3) is 0 Å². The number of amides is 2. The topological polar surface area (TPSA) is 45.2 Å². The summed E-state index contributed by atoms with van der Waals surface area (Å²) in [5.74, 6) is -0.187. The van der Waals surface area contributed by atoms with Crippen LogP contribution in [0.2, 0.25) is 0 Å². The molecule has 2 amide bonds. The largest absolute Gasteiger partial charge is 0.324 e. The highest BCUT2D eigenvalue weighted by Crippen LogP contribution is 2.33. The van der Waals surface area contributed by atoms with Gasteiger partial charge in [0.15, 0.2) is 0 Å². The van der Waals surface area contributed by atoms with Crippen LogP contribution < -0.4 is 5.32 Å². The quantitative estimate of drug-likeness (QED) is 0.714. The summed E-state index contributed by atoms with van der Waals surface area (Å²) in [5.41, 5.74) is 1.23. The van der Waals surface area contributed by atoms with E-state index in [1.807, 2.05) is 18.2 Å². The van der Waals surface area contributed by atoms with Crippen molar-refractivity contribution in [2.75, 3.05) is 18.4 Å². The Labute approximate surface area is 149 Å². The summed E-state index contributed by atoms with van der Waals surface area (Å²) < 4.78 is 14.9. The van der Waals surface area contributed by atoms with E-state index in [1.165, 1.54) is 10.8 Å². The summed E-state index contributed by atoms with van der Waals surface area (Å²) in [5, 5.41) is 3.75. The molecule has 1 aromatic heterocycles. The van der Waals surface area contributed by atoms with Gasteiger partial charge in [-0.05, 0) is 37.1 Å². The first-order valence-electron chi connectivity index (χ1n) is 8.36. The lowest BCUT2D eigenvalue weighted by atomic mass is 9.99. The standard InChI is InChI=1S/C19H18FN3OS/c20-14-7-1-2-8-15(14)22-19(24)23-11-5-6-13(12-23)18-21-16-9-3-4-10-17(16)25-18/h1-4,7-10,13H,5-6,11-12H2,(H,22,24). The van der Waals surface area contributed by atoms with Gasteiger partial charge in [-0.1, -0.05) is 24.3 Å². The zero-order valence-corrected chi connectivity index (χ0v) is 14.4. The van der Waals surface area contributed by atoms with Crippen LogP contribution >= 0.6 is 11.3 Å². The first-order valence-corrected chi connectivity index (χ1v) is 9.18. The molecule has 2 heterocycles. The predicted octanol–water partition coefficient (Wildman–Crippen LogP) is 4.85. The Morgan fingerprint density at radius 2 is 2.00 bits per heavy atom. The lowest BCUT2D eigenvalue weighted by Crippen LogP contribution is -2.41. The number of aromatic nitrogens is 1. The van der Waals surface area contributed by atoms with Gasteiger partial charge in [0, 0.05) is 19.0 Å². The summed E-state index contributed by atoms with van der Waals surface area (Å²) >= 11 is 1.69. The van der Waals surface area contributed by atoms with E-state index in [9.17, 15) is 9.18 Å². The molecule has 6 heteroatoms. The van der Waals surface area contributed by atoms with Crippen LogP contribution in [0, 0.1) is 5.82 Å². The third-order valence-electron chi connectivity index (χ3n) is 4.48. The number of nitrogens with zero attached hydrogens (tertiary/aromatic N) is 2. The van der Waals surface area contributed by atoms with Gasteiger partial charge in [-0.2, -0.15) is 0 Å². The van der Waals surface area contributed by atoms with E-state index >= 15 is 0 Å². The number of carbonyl (C=O) groups excluding carboxylic acids is 1. The molecule has 2 aromatic carbocycles. The average molecular weight is 355 g/mol. The molecule has 0 saturated carbocycles. The van der Waals surface area contributed by atoms with Crippen LogP contribution in [0.25, 0.3) is 10.2 Å². The number of thiazole rings is 1. The molecule has 1 aliphatic rings. The maximum atomic E-state index is 13.7. The fraction of sp³-hybridized carbons (Fsp3) is 0.263. The van der Waals surface area contributed by atoms with Gasteiger partial charge in [-0.15, -0.1) is 11.3 Å². The molecule has 1 N–H and O–H groups in total. The second-order valence-corrected chi connectivity index (χ2v) is 7.28. The molecule has 1 fully saturated rings. The molecule has 0 radical (unpaired) electrons. The van der Waals surface area contributed by atoms with Gasteiger partial charge in [-0.25, -0.2) is 14.2 Å². The number of urea groups is 1. The molecule has 1 atom stereocenters. The minimum absolute atomic E-state index is 0.217. The number of para-hydroxylation sites is 2. The molecule has 0 bridgehead atoms. The average Bonchev–Trinajstić information content (AvgIpc) is 3.08. The molecule has 0 aliphatic carbocycles. The van der Waals surface area contributed by atoms with Crippen LogP contribution in [-0.2, 0) is 0 Å². The fourth-order valence-corrected chi connectivity index (χ4v) is 4.28.